The SMILES string of the molecule is CCC1CCC[C@]2(C)CCCC[C@@]12C. The van der Waals surface area contributed by atoms with Crippen LogP contribution < -0.4 is 0 Å². The molecule has 0 aromatic heterocycles. The van der Waals surface area contributed by atoms with E-state index in [1.54, 1.807) is 0 Å². The Kier molecular flexibility index (Phi) is 2.66. The maximum atomic E-state index is 2.60. The topological polar surface area (TPSA) is 0 Å². The average molecular weight is 194 g/mol. The predicted molar refractivity (Wildman–Crippen MR) is 62.3 cm³/mol. The van der Waals surface area contributed by atoms with Crippen LogP contribution in [-0.4, -0.2) is 0 Å². The minimum absolute atomic E-state index is 0.679. The fourth-order valence-electron chi connectivity index (χ4n) is 4.41. The van der Waals surface area contributed by atoms with E-state index in [0.29, 0.717) is 10.8 Å². The van der Waals surface area contributed by atoms with E-state index in [2.05, 4.69) is 20.8 Å². The molecule has 0 heterocycles. The van der Waals surface area contributed by atoms with Crippen LogP contribution >= 0.6 is 0 Å². The third-order valence-electron chi connectivity index (χ3n) is 5.73. The van der Waals surface area contributed by atoms with Gasteiger partial charge >= 0.3 is 0 Å². The van der Waals surface area contributed by atoms with Crippen molar-refractivity contribution < 1.29 is 0 Å². The van der Waals surface area contributed by atoms with Gasteiger partial charge in [-0.15, -0.1) is 0 Å². The monoisotopic (exact) mass is 194 g/mol. The van der Waals surface area contributed by atoms with Gasteiger partial charge in [-0.2, -0.15) is 0 Å². The van der Waals surface area contributed by atoms with Crippen LogP contribution in [0, 0.1) is 16.7 Å². The third kappa shape index (κ3) is 1.33. The first-order chi connectivity index (χ1) is 6.62. The number of rotatable bonds is 1. The van der Waals surface area contributed by atoms with Crippen molar-refractivity contribution in [3.63, 3.8) is 0 Å². The van der Waals surface area contributed by atoms with E-state index in [4.69, 9.17) is 0 Å². The molecule has 0 aliphatic heterocycles. The Labute approximate surface area is 89.5 Å². The van der Waals surface area contributed by atoms with E-state index >= 15 is 0 Å². The Morgan fingerprint density at radius 1 is 1.00 bits per heavy atom. The van der Waals surface area contributed by atoms with E-state index in [0.717, 1.165) is 5.92 Å². The van der Waals surface area contributed by atoms with Crippen molar-refractivity contribution in [3.05, 3.63) is 0 Å². The standard InChI is InChI=1S/C14H26/c1-4-12-8-7-10-13(2)9-5-6-11-14(12,13)3/h12H,4-11H2,1-3H3/t12?,13-,14-/m0/s1. The summed E-state index contributed by atoms with van der Waals surface area (Å²) in [5.41, 5.74) is 1.36. The van der Waals surface area contributed by atoms with Gasteiger partial charge in [0, 0.05) is 0 Å². The Hall–Kier alpha value is 0. The number of hydrogen-bond donors (Lipinski definition) is 0. The fraction of sp³-hybridized carbons (Fsp3) is 1.00. The van der Waals surface area contributed by atoms with E-state index in [9.17, 15) is 0 Å². The molecule has 0 N–H and O–H groups in total. The first-order valence-electron chi connectivity index (χ1n) is 6.62. The summed E-state index contributed by atoms with van der Waals surface area (Å²) < 4.78 is 0. The minimum Gasteiger partial charge on any atom is -0.0651 e. The van der Waals surface area contributed by atoms with Gasteiger partial charge < -0.3 is 0 Å². The number of fused-ring (bicyclic) bond motifs is 1. The molecular formula is C14H26. The van der Waals surface area contributed by atoms with Gasteiger partial charge in [0.05, 0.1) is 0 Å². The van der Waals surface area contributed by atoms with E-state index in [1.165, 1.54) is 51.4 Å². The lowest BCUT2D eigenvalue weighted by molar-refractivity contribution is -0.0755. The average Bonchev–Trinajstić information content (AvgIpc) is 2.17. The molecule has 3 atom stereocenters. The second-order valence-electron chi connectivity index (χ2n) is 6.18. The Balaban J connectivity index is 2.26. The highest BCUT2D eigenvalue weighted by Crippen LogP contribution is 2.61. The van der Waals surface area contributed by atoms with Gasteiger partial charge in [0.15, 0.2) is 0 Å². The van der Waals surface area contributed by atoms with E-state index in [1.807, 2.05) is 0 Å². The highest BCUT2D eigenvalue weighted by atomic mass is 14.6. The van der Waals surface area contributed by atoms with Gasteiger partial charge in [-0.1, -0.05) is 46.5 Å². The van der Waals surface area contributed by atoms with Crippen molar-refractivity contribution in [2.24, 2.45) is 16.7 Å². The second-order valence-corrected chi connectivity index (χ2v) is 6.18. The number of hydrogen-bond acceptors (Lipinski definition) is 0. The molecule has 0 saturated heterocycles. The summed E-state index contributed by atoms with van der Waals surface area (Å²) in [6.45, 7) is 7.57. The van der Waals surface area contributed by atoms with Crippen molar-refractivity contribution >= 4 is 0 Å². The molecular weight excluding hydrogens is 168 g/mol. The summed E-state index contributed by atoms with van der Waals surface area (Å²) in [7, 11) is 0. The minimum atomic E-state index is 0.679. The molecule has 2 rings (SSSR count). The third-order valence-corrected chi connectivity index (χ3v) is 5.73. The largest absolute Gasteiger partial charge is 0.0651 e. The molecule has 1 unspecified atom stereocenters. The lowest BCUT2D eigenvalue weighted by atomic mass is 9.47. The maximum absolute atomic E-state index is 2.60. The molecule has 0 aromatic carbocycles. The van der Waals surface area contributed by atoms with Crippen molar-refractivity contribution in [3.8, 4) is 0 Å². The van der Waals surface area contributed by atoms with Crippen molar-refractivity contribution in [1.82, 2.24) is 0 Å². The van der Waals surface area contributed by atoms with Crippen LogP contribution in [0.3, 0.4) is 0 Å². The van der Waals surface area contributed by atoms with Crippen LogP contribution in [0.2, 0.25) is 0 Å². The Morgan fingerprint density at radius 2 is 1.64 bits per heavy atom. The van der Waals surface area contributed by atoms with Crippen LogP contribution in [0.25, 0.3) is 0 Å². The summed E-state index contributed by atoms with van der Waals surface area (Å²) >= 11 is 0. The first kappa shape index (κ1) is 10.5. The highest BCUT2D eigenvalue weighted by Gasteiger charge is 2.51. The van der Waals surface area contributed by atoms with E-state index < -0.39 is 0 Å². The zero-order chi connectivity index (χ0) is 10.2. The van der Waals surface area contributed by atoms with Gasteiger partial charge in [0.2, 0.25) is 0 Å². The van der Waals surface area contributed by atoms with Crippen molar-refractivity contribution in [2.45, 2.75) is 72.1 Å². The molecule has 0 bridgehead atoms. The van der Waals surface area contributed by atoms with Gasteiger partial charge in [0.1, 0.15) is 0 Å². The zero-order valence-corrected chi connectivity index (χ0v) is 10.2. The highest BCUT2D eigenvalue weighted by molar-refractivity contribution is 5.01. The van der Waals surface area contributed by atoms with E-state index in [-0.39, 0.29) is 0 Å². The fourth-order valence-corrected chi connectivity index (χ4v) is 4.41. The molecule has 0 amide bonds. The normalized spacial score (nSPS) is 48.6. The molecule has 0 heteroatoms. The second kappa shape index (κ2) is 3.54. The van der Waals surface area contributed by atoms with Crippen molar-refractivity contribution in [2.75, 3.05) is 0 Å². The quantitative estimate of drug-likeness (QED) is 0.563. The summed E-state index contributed by atoms with van der Waals surface area (Å²) in [6.07, 6.45) is 11.9. The summed E-state index contributed by atoms with van der Waals surface area (Å²) in [5.74, 6) is 1.02. The molecule has 0 radical (unpaired) electrons. The molecule has 2 fully saturated rings. The van der Waals surface area contributed by atoms with Gasteiger partial charge in [-0.05, 0) is 42.4 Å². The molecule has 14 heavy (non-hydrogen) atoms. The zero-order valence-electron chi connectivity index (χ0n) is 10.2. The van der Waals surface area contributed by atoms with Gasteiger partial charge in [0.25, 0.3) is 0 Å². The maximum Gasteiger partial charge on any atom is -0.0244 e. The van der Waals surface area contributed by atoms with Crippen molar-refractivity contribution in [1.29, 1.82) is 0 Å². The molecule has 0 aromatic rings. The molecule has 2 aliphatic rings. The van der Waals surface area contributed by atoms with Crippen LogP contribution in [0.5, 0.6) is 0 Å². The lowest BCUT2D eigenvalue weighted by Crippen LogP contribution is -2.48. The predicted octanol–water partition coefficient (Wildman–Crippen LogP) is 4.78. The summed E-state index contributed by atoms with van der Waals surface area (Å²) in [5, 5.41) is 0. The lowest BCUT2D eigenvalue weighted by Gasteiger charge is -2.58. The molecule has 2 aliphatic carbocycles. The smallest absolute Gasteiger partial charge is 0.0244 e. The molecule has 0 spiro atoms. The van der Waals surface area contributed by atoms with Crippen LogP contribution in [0.15, 0.2) is 0 Å². The Morgan fingerprint density at radius 3 is 2.36 bits per heavy atom. The first-order valence-corrected chi connectivity index (χ1v) is 6.62. The van der Waals surface area contributed by atoms with Crippen LogP contribution in [-0.2, 0) is 0 Å². The van der Waals surface area contributed by atoms with Gasteiger partial charge in [-0.3, -0.25) is 0 Å². The van der Waals surface area contributed by atoms with Crippen LogP contribution in [0.1, 0.15) is 72.1 Å². The Bertz CT molecular complexity index is 204. The molecule has 2 saturated carbocycles. The molecule has 0 nitrogen and oxygen atoms in total. The summed E-state index contributed by atoms with van der Waals surface area (Å²) in [4.78, 5) is 0. The molecule has 82 valence electrons. The summed E-state index contributed by atoms with van der Waals surface area (Å²) in [6, 6.07) is 0. The van der Waals surface area contributed by atoms with Crippen LogP contribution in [0.4, 0.5) is 0 Å². The van der Waals surface area contributed by atoms with Gasteiger partial charge in [-0.25, -0.2) is 0 Å².